The molecule has 2 aliphatic heterocycles. The summed E-state index contributed by atoms with van der Waals surface area (Å²) in [6.45, 7) is 4.85. The number of rotatable bonds is 6. The Morgan fingerprint density at radius 2 is 2.16 bits per heavy atom. The maximum absolute atomic E-state index is 11.7. The van der Waals surface area contributed by atoms with Gasteiger partial charge in [-0.05, 0) is 32.4 Å². The van der Waals surface area contributed by atoms with Gasteiger partial charge in [-0.25, -0.2) is 0 Å². The molecule has 0 radical (unpaired) electrons. The topological polar surface area (TPSA) is 68.8 Å². The van der Waals surface area contributed by atoms with Crippen LogP contribution in [0.1, 0.15) is 19.3 Å². The number of piperidine rings is 1. The summed E-state index contributed by atoms with van der Waals surface area (Å²) in [5.41, 5.74) is 0. The van der Waals surface area contributed by atoms with Crippen LogP contribution < -0.4 is 10.6 Å². The molecular weight excluding hydrogens is 248 g/mol. The third-order valence-electron chi connectivity index (χ3n) is 3.37. The van der Waals surface area contributed by atoms with Gasteiger partial charge in [-0.3, -0.25) is 4.79 Å². The summed E-state index contributed by atoms with van der Waals surface area (Å²) in [7, 11) is 0. The standard InChI is InChI=1S/C13H24N2O4/c16-13(12-10-17-8-9-19-12)15-4-1-7-18-11-2-5-14-6-3-11/h11-12,14H,1-10H2,(H,15,16). The molecule has 2 fully saturated rings. The summed E-state index contributed by atoms with van der Waals surface area (Å²) in [5.74, 6) is -0.0819. The lowest BCUT2D eigenvalue weighted by molar-refractivity contribution is -0.147. The molecule has 2 saturated heterocycles. The fourth-order valence-electron chi connectivity index (χ4n) is 2.25. The molecule has 0 bridgehead atoms. The first kappa shape index (κ1) is 14.7. The van der Waals surface area contributed by atoms with Crippen LogP contribution in [-0.4, -0.2) is 64.2 Å². The number of hydrogen-bond donors (Lipinski definition) is 2. The van der Waals surface area contributed by atoms with Crippen LogP contribution in [0, 0.1) is 0 Å². The molecule has 0 aromatic rings. The van der Waals surface area contributed by atoms with E-state index in [2.05, 4.69) is 10.6 Å². The van der Waals surface area contributed by atoms with Crippen molar-refractivity contribution in [2.45, 2.75) is 31.5 Å². The van der Waals surface area contributed by atoms with Gasteiger partial charge in [-0.15, -0.1) is 0 Å². The van der Waals surface area contributed by atoms with Gasteiger partial charge >= 0.3 is 0 Å². The molecular formula is C13H24N2O4. The van der Waals surface area contributed by atoms with Crippen LogP contribution in [0.5, 0.6) is 0 Å². The fraction of sp³-hybridized carbons (Fsp3) is 0.923. The van der Waals surface area contributed by atoms with Gasteiger partial charge in [0.15, 0.2) is 6.10 Å². The van der Waals surface area contributed by atoms with Crippen molar-refractivity contribution in [3.8, 4) is 0 Å². The van der Waals surface area contributed by atoms with E-state index in [1.807, 2.05) is 0 Å². The minimum absolute atomic E-state index is 0.0819. The molecule has 0 aliphatic carbocycles. The molecule has 6 heteroatoms. The van der Waals surface area contributed by atoms with E-state index in [0.717, 1.165) is 32.4 Å². The zero-order valence-corrected chi connectivity index (χ0v) is 11.4. The van der Waals surface area contributed by atoms with Crippen molar-refractivity contribution in [2.75, 3.05) is 46.1 Å². The molecule has 1 atom stereocenters. The zero-order chi connectivity index (χ0) is 13.3. The second-order valence-electron chi connectivity index (χ2n) is 4.90. The fourth-order valence-corrected chi connectivity index (χ4v) is 2.25. The number of hydrogen-bond acceptors (Lipinski definition) is 5. The Hall–Kier alpha value is -0.690. The van der Waals surface area contributed by atoms with Gasteiger partial charge in [0, 0.05) is 13.2 Å². The monoisotopic (exact) mass is 272 g/mol. The number of nitrogens with one attached hydrogen (secondary N) is 2. The van der Waals surface area contributed by atoms with Gasteiger partial charge in [0.2, 0.25) is 0 Å². The van der Waals surface area contributed by atoms with Crippen LogP contribution in [0.4, 0.5) is 0 Å². The number of amides is 1. The van der Waals surface area contributed by atoms with Crippen molar-refractivity contribution in [2.24, 2.45) is 0 Å². The van der Waals surface area contributed by atoms with E-state index < -0.39 is 6.10 Å². The van der Waals surface area contributed by atoms with E-state index in [-0.39, 0.29) is 5.91 Å². The van der Waals surface area contributed by atoms with Crippen molar-refractivity contribution in [3.63, 3.8) is 0 Å². The molecule has 2 heterocycles. The maximum Gasteiger partial charge on any atom is 0.251 e. The largest absolute Gasteiger partial charge is 0.378 e. The SMILES string of the molecule is O=C(NCCCOC1CCNCC1)C1COCCO1. The van der Waals surface area contributed by atoms with Crippen molar-refractivity contribution in [3.05, 3.63) is 0 Å². The van der Waals surface area contributed by atoms with Gasteiger partial charge in [0.05, 0.1) is 25.9 Å². The maximum atomic E-state index is 11.7. The van der Waals surface area contributed by atoms with Crippen LogP contribution in [0.3, 0.4) is 0 Å². The molecule has 1 amide bonds. The molecule has 2 N–H and O–H groups in total. The molecule has 0 saturated carbocycles. The first-order valence-corrected chi connectivity index (χ1v) is 7.15. The van der Waals surface area contributed by atoms with E-state index >= 15 is 0 Å². The molecule has 110 valence electrons. The Kier molecular flexibility index (Phi) is 6.56. The number of ether oxygens (including phenoxy) is 3. The molecule has 0 aromatic carbocycles. The molecule has 6 nitrogen and oxygen atoms in total. The van der Waals surface area contributed by atoms with Crippen molar-refractivity contribution < 1.29 is 19.0 Å². The molecule has 2 aliphatic rings. The van der Waals surface area contributed by atoms with Gasteiger partial charge in [0.25, 0.3) is 5.91 Å². The molecule has 19 heavy (non-hydrogen) atoms. The second kappa shape index (κ2) is 8.47. The van der Waals surface area contributed by atoms with E-state index in [1.165, 1.54) is 0 Å². The van der Waals surface area contributed by atoms with Crippen LogP contribution >= 0.6 is 0 Å². The Labute approximate surface area is 114 Å². The third-order valence-corrected chi connectivity index (χ3v) is 3.37. The lowest BCUT2D eigenvalue weighted by atomic mass is 10.1. The predicted molar refractivity (Wildman–Crippen MR) is 70.0 cm³/mol. The highest BCUT2D eigenvalue weighted by Crippen LogP contribution is 2.07. The van der Waals surface area contributed by atoms with E-state index in [1.54, 1.807) is 0 Å². The molecule has 0 spiro atoms. The summed E-state index contributed by atoms with van der Waals surface area (Å²) in [4.78, 5) is 11.7. The summed E-state index contributed by atoms with van der Waals surface area (Å²) in [5, 5.41) is 6.16. The molecule has 1 unspecified atom stereocenters. The average Bonchev–Trinajstić information content (AvgIpc) is 2.49. The van der Waals surface area contributed by atoms with Crippen molar-refractivity contribution in [1.82, 2.24) is 10.6 Å². The minimum atomic E-state index is -0.445. The summed E-state index contributed by atoms with van der Waals surface area (Å²) < 4.78 is 16.3. The van der Waals surface area contributed by atoms with Crippen LogP contribution in [0.2, 0.25) is 0 Å². The Morgan fingerprint density at radius 3 is 2.89 bits per heavy atom. The normalized spacial score (nSPS) is 25.2. The molecule has 0 aromatic heterocycles. The van der Waals surface area contributed by atoms with Crippen LogP contribution in [0.25, 0.3) is 0 Å². The van der Waals surface area contributed by atoms with Gasteiger partial charge in [-0.2, -0.15) is 0 Å². The first-order chi connectivity index (χ1) is 9.36. The summed E-state index contributed by atoms with van der Waals surface area (Å²) in [6, 6.07) is 0. The van der Waals surface area contributed by atoms with E-state index in [0.29, 0.717) is 39.1 Å². The Bertz CT molecular complexity index is 263. The van der Waals surface area contributed by atoms with Gasteiger partial charge < -0.3 is 24.8 Å². The summed E-state index contributed by atoms with van der Waals surface area (Å²) >= 11 is 0. The van der Waals surface area contributed by atoms with Crippen LogP contribution in [0.15, 0.2) is 0 Å². The minimum Gasteiger partial charge on any atom is -0.378 e. The smallest absolute Gasteiger partial charge is 0.251 e. The first-order valence-electron chi connectivity index (χ1n) is 7.15. The van der Waals surface area contributed by atoms with Gasteiger partial charge in [-0.1, -0.05) is 0 Å². The summed E-state index contributed by atoms with van der Waals surface area (Å²) in [6.07, 6.45) is 2.94. The lowest BCUT2D eigenvalue weighted by Gasteiger charge is -2.23. The van der Waals surface area contributed by atoms with Crippen molar-refractivity contribution >= 4 is 5.91 Å². The molecule has 2 rings (SSSR count). The van der Waals surface area contributed by atoms with Crippen molar-refractivity contribution in [1.29, 1.82) is 0 Å². The number of carbonyl (C=O) groups excluding carboxylic acids is 1. The number of carbonyl (C=O) groups is 1. The lowest BCUT2D eigenvalue weighted by Crippen LogP contribution is -2.43. The Morgan fingerprint density at radius 1 is 1.32 bits per heavy atom. The average molecular weight is 272 g/mol. The third kappa shape index (κ3) is 5.44. The zero-order valence-electron chi connectivity index (χ0n) is 11.4. The second-order valence-corrected chi connectivity index (χ2v) is 4.90. The highest BCUT2D eigenvalue weighted by molar-refractivity contribution is 5.80. The predicted octanol–water partition coefficient (Wildman–Crippen LogP) is -0.323. The Balaban J connectivity index is 1.47. The highest BCUT2D eigenvalue weighted by Gasteiger charge is 2.21. The quantitative estimate of drug-likeness (QED) is 0.648. The van der Waals surface area contributed by atoms with Crippen LogP contribution in [-0.2, 0) is 19.0 Å². The highest BCUT2D eigenvalue weighted by atomic mass is 16.6. The van der Waals surface area contributed by atoms with E-state index in [9.17, 15) is 4.79 Å². The van der Waals surface area contributed by atoms with E-state index in [4.69, 9.17) is 14.2 Å². The van der Waals surface area contributed by atoms with Gasteiger partial charge in [0.1, 0.15) is 0 Å².